The lowest BCUT2D eigenvalue weighted by molar-refractivity contribution is -0.122. The van der Waals surface area contributed by atoms with Crippen LogP contribution in [-0.4, -0.2) is 20.4 Å². The van der Waals surface area contributed by atoms with Gasteiger partial charge in [-0.3, -0.25) is 9.52 Å². The minimum absolute atomic E-state index is 0.0689. The summed E-state index contributed by atoms with van der Waals surface area (Å²) in [6.45, 7) is 3.37. The Morgan fingerprint density at radius 1 is 0.967 bits per heavy atom. The molecule has 0 heterocycles. The maximum atomic E-state index is 12.9. The second-order valence-electron chi connectivity index (χ2n) is 6.65. The van der Waals surface area contributed by atoms with E-state index in [0.29, 0.717) is 17.1 Å². The molecule has 0 fully saturated rings. The maximum Gasteiger partial charge on any atom is 0.265 e. The summed E-state index contributed by atoms with van der Waals surface area (Å²) in [6.07, 6.45) is -0.832. The average Bonchev–Trinajstić information content (AvgIpc) is 2.71. The third-order valence-corrected chi connectivity index (χ3v) is 5.70. The van der Waals surface area contributed by atoms with Gasteiger partial charge in [0.15, 0.2) is 6.10 Å². The number of para-hydroxylation sites is 1. The summed E-state index contributed by atoms with van der Waals surface area (Å²) in [5.41, 5.74) is 1.73. The molecule has 0 aliphatic carbocycles. The fourth-order valence-corrected chi connectivity index (χ4v) is 3.75. The van der Waals surface area contributed by atoms with Crippen molar-refractivity contribution in [2.45, 2.75) is 24.8 Å². The third kappa shape index (κ3) is 5.36. The Morgan fingerprint density at radius 3 is 2.23 bits per heavy atom. The first-order valence-electron chi connectivity index (χ1n) is 9.16. The number of sulfonamides is 1. The van der Waals surface area contributed by atoms with Crippen molar-refractivity contribution in [3.63, 3.8) is 0 Å². The fourth-order valence-electron chi connectivity index (χ4n) is 2.62. The average molecular weight is 428 g/mol. The number of rotatable bonds is 7. The van der Waals surface area contributed by atoms with Crippen LogP contribution in [0.3, 0.4) is 0 Å². The Bertz CT molecular complexity index is 1130. The summed E-state index contributed by atoms with van der Waals surface area (Å²) < 4.78 is 46.1. The van der Waals surface area contributed by atoms with E-state index in [1.165, 1.54) is 48.5 Å². The van der Waals surface area contributed by atoms with E-state index in [2.05, 4.69) is 10.0 Å². The quantitative estimate of drug-likeness (QED) is 0.586. The molecule has 1 amide bonds. The molecule has 6 nitrogen and oxygen atoms in total. The summed E-state index contributed by atoms with van der Waals surface area (Å²) in [5, 5.41) is 2.66. The molecule has 0 bridgehead atoms. The molecular weight excluding hydrogens is 407 g/mol. The Hall–Kier alpha value is -3.39. The number of aryl methyl sites for hydroxylation is 1. The van der Waals surface area contributed by atoms with Crippen molar-refractivity contribution in [3.8, 4) is 5.75 Å². The summed E-state index contributed by atoms with van der Waals surface area (Å²) in [5.74, 6) is -0.456. The molecule has 2 N–H and O–H groups in total. The summed E-state index contributed by atoms with van der Waals surface area (Å²) in [7, 11) is -3.76. The molecule has 156 valence electrons. The molecule has 0 saturated carbocycles. The second kappa shape index (κ2) is 8.96. The minimum Gasteiger partial charge on any atom is -0.481 e. The van der Waals surface area contributed by atoms with Gasteiger partial charge in [0.25, 0.3) is 15.9 Å². The van der Waals surface area contributed by atoms with E-state index in [4.69, 9.17) is 4.74 Å². The van der Waals surface area contributed by atoms with E-state index in [1.807, 2.05) is 19.1 Å². The smallest absolute Gasteiger partial charge is 0.265 e. The molecule has 30 heavy (non-hydrogen) atoms. The SMILES string of the molecule is Cc1ccccc1NS(=O)(=O)c1ccc(NC(=O)[C@@H](C)Oc2ccc(F)cc2)cc1. The van der Waals surface area contributed by atoms with Crippen LogP contribution in [0.1, 0.15) is 12.5 Å². The molecule has 0 spiro atoms. The van der Waals surface area contributed by atoms with Crippen molar-refractivity contribution in [3.05, 3.63) is 84.2 Å². The van der Waals surface area contributed by atoms with Crippen LogP contribution in [0, 0.1) is 12.7 Å². The van der Waals surface area contributed by atoms with Crippen LogP contribution in [0.25, 0.3) is 0 Å². The first-order chi connectivity index (χ1) is 14.2. The molecule has 3 rings (SSSR count). The third-order valence-electron chi connectivity index (χ3n) is 4.32. The Morgan fingerprint density at radius 2 is 1.60 bits per heavy atom. The highest BCUT2D eigenvalue weighted by Crippen LogP contribution is 2.21. The van der Waals surface area contributed by atoms with Crippen LogP contribution in [0.4, 0.5) is 15.8 Å². The standard InChI is InChI=1S/C22H21FN2O4S/c1-15-5-3-4-6-21(15)25-30(27,28)20-13-9-18(10-14-20)24-22(26)16(2)29-19-11-7-17(23)8-12-19/h3-14,16,25H,1-2H3,(H,24,26)/t16-/m1/s1. The molecule has 0 saturated heterocycles. The summed E-state index contributed by atoms with van der Waals surface area (Å²) >= 11 is 0. The summed E-state index contributed by atoms with van der Waals surface area (Å²) in [4.78, 5) is 12.4. The van der Waals surface area contributed by atoms with Crippen molar-refractivity contribution in [1.82, 2.24) is 0 Å². The number of hydrogen-bond donors (Lipinski definition) is 2. The van der Waals surface area contributed by atoms with Gasteiger partial charge in [-0.25, -0.2) is 12.8 Å². The number of anilines is 2. The van der Waals surface area contributed by atoms with Crippen LogP contribution >= 0.6 is 0 Å². The lowest BCUT2D eigenvalue weighted by atomic mass is 10.2. The van der Waals surface area contributed by atoms with Gasteiger partial charge in [0, 0.05) is 5.69 Å². The zero-order chi connectivity index (χ0) is 21.7. The van der Waals surface area contributed by atoms with E-state index >= 15 is 0 Å². The monoisotopic (exact) mass is 428 g/mol. The number of halogens is 1. The zero-order valence-electron chi connectivity index (χ0n) is 16.4. The topological polar surface area (TPSA) is 84.5 Å². The fraction of sp³-hybridized carbons (Fsp3) is 0.136. The molecule has 0 unspecified atom stereocenters. The number of carbonyl (C=O) groups excluding carboxylic acids is 1. The zero-order valence-corrected chi connectivity index (χ0v) is 17.2. The molecule has 0 aliphatic heterocycles. The van der Waals surface area contributed by atoms with Gasteiger partial charge in [-0.1, -0.05) is 18.2 Å². The molecule has 0 aromatic heterocycles. The van der Waals surface area contributed by atoms with Crippen LogP contribution in [0.2, 0.25) is 0 Å². The lowest BCUT2D eigenvalue weighted by Gasteiger charge is -2.15. The minimum atomic E-state index is -3.76. The van der Waals surface area contributed by atoms with Crippen molar-refractivity contribution >= 4 is 27.3 Å². The van der Waals surface area contributed by atoms with Gasteiger partial charge in [0.05, 0.1) is 10.6 Å². The number of amides is 1. The van der Waals surface area contributed by atoms with Gasteiger partial charge in [0.1, 0.15) is 11.6 Å². The van der Waals surface area contributed by atoms with Crippen LogP contribution in [0.15, 0.2) is 77.7 Å². The van der Waals surface area contributed by atoms with Crippen molar-refractivity contribution in [2.75, 3.05) is 10.0 Å². The maximum absolute atomic E-state index is 12.9. The molecule has 1 atom stereocenters. The lowest BCUT2D eigenvalue weighted by Crippen LogP contribution is -2.30. The largest absolute Gasteiger partial charge is 0.481 e. The first-order valence-corrected chi connectivity index (χ1v) is 10.6. The van der Waals surface area contributed by atoms with E-state index in [0.717, 1.165) is 5.56 Å². The van der Waals surface area contributed by atoms with Crippen LogP contribution in [-0.2, 0) is 14.8 Å². The number of hydrogen-bond acceptors (Lipinski definition) is 4. The molecule has 0 radical (unpaired) electrons. The van der Waals surface area contributed by atoms with Gasteiger partial charge in [-0.05, 0) is 74.0 Å². The molecular formula is C22H21FN2O4S. The van der Waals surface area contributed by atoms with E-state index < -0.39 is 27.9 Å². The highest BCUT2D eigenvalue weighted by atomic mass is 32.2. The Labute approximate surface area is 174 Å². The van der Waals surface area contributed by atoms with Crippen LogP contribution in [0.5, 0.6) is 5.75 Å². The van der Waals surface area contributed by atoms with Crippen molar-refractivity contribution in [2.24, 2.45) is 0 Å². The van der Waals surface area contributed by atoms with E-state index in [1.54, 1.807) is 19.1 Å². The molecule has 8 heteroatoms. The molecule has 3 aromatic carbocycles. The van der Waals surface area contributed by atoms with Gasteiger partial charge >= 0.3 is 0 Å². The Kier molecular flexibility index (Phi) is 6.37. The molecule has 0 aliphatic rings. The normalized spacial score (nSPS) is 12.1. The molecule has 3 aromatic rings. The summed E-state index contributed by atoms with van der Waals surface area (Å²) in [6, 6.07) is 18.2. The predicted octanol–water partition coefficient (Wildman–Crippen LogP) is 4.34. The van der Waals surface area contributed by atoms with E-state index in [-0.39, 0.29) is 4.90 Å². The number of carbonyl (C=O) groups is 1. The van der Waals surface area contributed by atoms with Gasteiger partial charge < -0.3 is 10.1 Å². The number of benzene rings is 3. The number of nitrogens with one attached hydrogen (secondary N) is 2. The van der Waals surface area contributed by atoms with Crippen molar-refractivity contribution in [1.29, 1.82) is 0 Å². The highest BCUT2D eigenvalue weighted by molar-refractivity contribution is 7.92. The predicted molar refractivity (Wildman–Crippen MR) is 114 cm³/mol. The second-order valence-corrected chi connectivity index (χ2v) is 8.33. The highest BCUT2D eigenvalue weighted by Gasteiger charge is 2.17. The van der Waals surface area contributed by atoms with Gasteiger partial charge in [-0.15, -0.1) is 0 Å². The Balaban J connectivity index is 1.64. The van der Waals surface area contributed by atoms with Gasteiger partial charge in [-0.2, -0.15) is 0 Å². The van der Waals surface area contributed by atoms with Crippen molar-refractivity contribution < 1.29 is 22.3 Å². The van der Waals surface area contributed by atoms with E-state index in [9.17, 15) is 17.6 Å². The first kappa shape index (κ1) is 21.3. The van der Waals surface area contributed by atoms with Gasteiger partial charge in [0.2, 0.25) is 0 Å². The number of ether oxygens (including phenoxy) is 1. The van der Waals surface area contributed by atoms with Crippen LogP contribution < -0.4 is 14.8 Å².